The Morgan fingerprint density at radius 2 is 1.60 bits per heavy atom. The molecule has 0 spiro atoms. The highest BCUT2D eigenvalue weighted by molar-refractivity contribution is 6.09. The third-order valence-electron chi connectivity index (χ3n) is 5.61. The molecule has 5 rings (SSSR count). The molecule has 148 valence electrons. The molecular formula is C25H21N3O2. The SMILES string of the molecule is O=C(Nc1ccccc1C(=O)N1CCc2[nH]c3ccccc3c2C1)c1ccccc1. The lowest BCUT2D eigenvalue weighted by Gasteiger charge is -2.28. The van der Waals surface area contributed by atoms with Crippen LogP contribution >= 0.6 is 0 Å². The van der Waals surface area contributed by atoms with Crippen molar-refractivity contribution in [3.8, 4) is 0 Å². The molecule has 2 heterocycles. The van der Waals surface area contributed by atoms with Crippen LogP contribution in [0.4, 0.5) is 5.69 Å². The molecule has 2 amide bonds. The lowest BCUT2D eigenvalue weighted by molar-refractivity contribution is 0.0736. The van der Waals surface area contributed by atoms with Crippen LogP contribution in [0.15, 0.2) is 78.9 Å². The fourth-order valence-electron chi connectivity index (χ4n) is 4.07. The van der Waals surface area contributed by atoms with Gasteiger partial charge in [-0.3, -0.25) is 9.59 Å². The second-order valence-electron chi connectivity index (χ2n) is 7.47. The minimum atomic E-state index is -0.228. The monoisotopic (exact) mass is 395 g/mol. The lowest BCUT2D eigenvalue weighted by Crippen LogP contribution is -2.36. The largest absolute Gasteiger partial charge is 0.358 e. The second kappa shape index (κ2) is 7.52. The van der Waals surface area contributed by atoms with Crippen molar-refractivity contribution >= 4 is 28.4 Å². The summed E-state index contributed by atoms with van der Waals surface area (Å²) < 4.78 is 0. The fraction of sp³-hybridized carbons (Fsp3) is 0.120. The van der Waals surface area contributed by atoms with Crippen molar-refractivity contribution in [2.24, 2.45) is 0 Å². The van der Waals surface area contributed by atoms with Gasteiger partial charge in [0.15, 0.2) is 0 Å². The van der Waals surface area contributed by atoms with Gasteiger partial charge in [-0.1, -0.05) is 48.5 Å². The zero-order valence-electron chi connectivity index (χ0n) is 16.4. The maximum atomic E-state index is 13.4. The van der Waals surface area contributed by atoms with Crippen molar-refractivity contribution in [2.45, 2.75) is 13.0 Å². The molecule has 0 unspecified atom stereocenters. The smallest absolute Gasteiger partial charge is 0.256 e. The van der Waals surface area contributed by atoms with E-state index < -0.39 is 0 Å². The highest BCUT2D eigenvalue weighted by Gasteiger charge is 2.26. The molecule has 1 aliphatic heterocycles. The van der Waals surface area contributed by atoms with E-state index in [1.165, 1.54) is 11.3 Å². The molecule has 0 atom stereocenters. The van der Waals surface area contributed by atoms with Crippen LogP contribution in [-0.4, -0.2) is 28.2 Å². The number of fused-ring (bicyclic) bond motifs is 3. The van der Waals surface area contributed by atoms with Gasteiger partial charge in [0.25, 0.3) is 11.8 Å². The molecule has 0 fully saturated rings. The number of hydrogen-bond donors (Lipinski definition) is 2. The van der Waals surface area contributed by atoms with Crippen LogP contribution in [0.5, 0.6) is 0 Å². The summed E-state index contributed by atoms with van der Waals surface area (Å²) in [6, 6.07) is 24.4. The molecule has 5 nitrogen and oxygen atoms in total. The minimum absolute atomic E-state index is 0.0742. The van der Waals surface area contributed by atoms with Crippen LogP contribution in [-0.2, 0) is 13.0 Å². The second-order valence-corrected chi connectivity index (χ2v) is 7.47. The standard InChI is InChI=1S/C25H21N3O2/c29-24(17-8-2-1-3-9-17)27-22-13-7-5-11-19(22)25(30)28-15-14-23-20(16-28)18-10-4-6-12-21(18)26-23/h1-13,26H,14-16H2,(H,27,29). The maximum Gasteiger partial charge on any atom is 0.256 e. The maximum absolute atomic E-state index is 13.4. The Labute approximate surface area is 174 Å². The number of rotatable bonds is 3. The predicted octanol–water partition coefficient (Wildman–Crippen LogP) is 4.62. The normalized spacial score (nSPS) is 13.1. The number of para-hydroxylation sites is 2. The van der Waals surface area contributed by atoms with Crippen LogP contribution in [0.3, 0.4) is 0 Å². The van der Waals surface area contributed by atoms with Gasteiger partial charge in [-0.15, -0.1) is 0 Å². The number of amides is 2. The van der Waals surface area contributed by atoms with Crippen LogP contribution in [0, 0.1) is 0 Å². The Balaban J connectivity index is 1.41. The van der Waals surface area contributed by atoms with Crippen LogP contribution in [0.1, 0.15) is 32.0 Å². The number of aromatic nitrogens is 1. The van der Waals surface area contributed by atoms with E-state index in [0.29, 0.717) is 29.9 Å². The Morgan fingerprint density at radius 3 is 2.47 bits per heavy atom. The Kier molecular flexibility index (Phi) is 4.56. The molecule has 0 bridgehead atoms. The molecule has 1 aromatic heterocycles. The number of H-pyrrole nitrogens is 1. The molecule has 2 N–H and O–H groups in total. The van der Waals surface area contributed by atoms with E-state index in [4.69, 9.17) is 0 Å². The highest BCUT2D eigenvalue weighted by Crippen LogP contribution is 2.29. The summed E-state index contributed by atoms with van der Waals surface area (Å²) in [7, 11) is 0. The Hall–Kier alpha value is -3.86. The number of nitrogens with zero attached hydrogens (tertiary/aromatic N) is 1. The molecule has 0 aliphatic carbocycles. The average Bonchev–Trinajstić information content (AvgIpc) is 3.17. The van der Waals surface area contributed by atoms with Crippen molar-refractivity contribution in [1.82, 2.24) is 9.88 Å². The quantitative estimate of drug-likeness (QED) is 0.532. The summed E-state index contributed by atoms with van der Waals surface area (Å²) in [6.07, 6.45) is 0.786. The number of aromatic amines is 1. The number of carbonyl (C=O) groups excluding carboxylic acids is 2. The van der Waals surface area contributed by atoms with E-state index >= 15 is 0 Å². The molecule has 0 saturated carbocycles. The van der Waals surface area contributed by atoms with E-state index in [9.17, 15) is 9.59 Å². The molecular weight excluding hydrogens is 374 g/mol. The summed E-state index contributed by atoms with van der Waals surface area (Å²) in [5.41, 5.74) is 5.07. The van der Waals surface area contributed by atoms with Crippen molar-refractivity contribution < 1.29 is 9.59 Å². The first kappa shape index (κ1) is 18.2. The number of anilines is 1. The van der Waals surface area contributed by atoms with Gasteiger partial charge in [-0.25, -0.2) is 0 Å². The number of hydrogen-bond acceptors (Lipinski definition) is 2. The van der Waals surface area contributed by atoms with Crippen LogP contribution < -0.4 is 5.32 Å². The van der Waals surface area contributed by atoms with Gasteiger partial charge in [-0.05, 0) is 30.3 Å². The van der Waals surface area contributed by atoms with E-state index in [1.54, 1.807) is 24.3 Å². The number of nitrogens with one attached hydrogen (secondary N) is 2. The van der Waals surface area contributed by atoms with E-state index in [0.717, 1.165) is 17.3 Å². The molecule has 30 heavy (non-hydrogen) atoms. The van der Waals surface area contributed by atoms with Crippen molar-refractivity contribution in [2.75, 3.05) is 11.9 Å². The first-order valence-electron chi connectivity index (χ1n) is 10.0. The predicted molar refractivity (Wildman–Crippen MR) is 118 cm³/mol. The fourth-order valence-corrected chi connectivity index (χ4v) is 4.07. The topological polar surface area (TPSA) is 65.2 Å². The van der Waals surface area contributed by atoms with Crippen molar-refractivity contribution in [3.63, 3.8) is 0 Å². The molecule has 0 radical (unpaired) electrons. The highest BCUT2D eigenvalue weighted by atomic mass is 16.2. The van der Waals surface area contributed by atoms with Gasteiger partial charge in [0.1, 0.15) is 0 Å². The van der Waals surface area contributed by atoms with Gasteiger partial charge < -0.3 is 15.2 Å². The molecule has 5 heteroatoms. The zero-order chi connectivity index (χ0) is 20.5. The molecule has 0 saturated heterocycles. The lowest BCUT2D eigenvalue weighted by atomic mass is 10.0. The summed E-state index contributed by atoms with van der Waals surface area (Å²) in [5, 5.41) is 4.06. The first-order chi connectivity index (χ1) is 14.7. The van der Waals surface area contributed by atoms with Crippen molar-refractivity contribution in [3.05, 3.63) is 101 Å². The summed E-state index contributed by atoms with van der Waals surface area (Å²) in [5.74, 6) is -0.302. The van der Waals surface area contributed by atoms with Crippen molar-refractivity contribution in [1.29, 1.82) is 0 Å². The first-order valence-corrected chi connectivity index (χ1v) is 10.0. The molecule has 1 aliphatic rings. The van der Waals surface area contributed by atoms with Gasteiger partial charge in [0.2, 0.25) is 0 Å². The van der Waals surface area contributed by atoms with E-state index in [1.807, 2.05) is 47.4 Å². The van der Waals surface area contributed by atoms with Gasteiger partial charge in [-0.2, -0.15) is 0 Å². The third kappa shape index (κ3) is 3.24. The summed E-state index contributed by atoms with van der Waals surface area (Å²) in [6.45, 7) is 1.19. The summed E-state index contributed by atoms with van der Waals surface area (Å²) >= 11 is 0. The molecule has 4 aromatic rings. The van der Waals surface area contributed by atoms with Gasteiger partial charge in [0, 0.05) is 47.2 Å². The van der Waals surface area contributed by atoms with E-state index in [2.05, 4.69) is 22.4 Å². The average molecular weight is 395 g/mol. The minimum Gasteiger partial charge on any atom is -0.358 e. The van der Waals surface area contributed by atoms with Gasteiger partial charge in [0.05, 0.1) is 11.3 Å². The molecule has 3 aromatic carbocycles. The van der Waals surface area contributed by atoms with Gasteiger partial charge >= 0.3 is 0 Å². The Bertz CT molecular complexity index is 1240. The number of benzene rings is 3. The van der Waals surface area contributed by atoms with Crippen LogP contribution in [0.25, 0.3) is 10.9 Å². The Morgan fingerprint density at radius 1 is 0.867 bits per heavy atom. The third-order valence-corrected chi connectivity index (χ3v) is 5.61. The van der Waals surface area contributed by atoms with E-state index in [-0.39, 0.29) is 11.8 Å². The summed E-state index contributed by atoms with van der Waals surface area (Å²) in [4.78, 5) is 31.3. The zero-order valence-corrected chi connectivity index (χ0v) is 16.4. The number of carbonyl (C=O) groups is 2. The van der Waals surface area contributed by atoms with Crippen LogP contribution in [0.2, 0.25) is 0 Å².